The van der Waals surface area contributed by atoms with E-state index in [2.05, 4.69) is 35.0 Å². The molecule has 1 aliphatic rings. The van der Waals surface area contributed by atoms with E-state index in [1.54, 1.807) is 0 Å². The first kappa shape index (κ1) is 20.9. The lowest BCUT2D eigenvalue weighted by Crippen LogP contribution is -2.24. The van der Waals surface area contributed by atoms with Gasteiger partial charge in [0, 0.05) is 25.2 Å². The molecule has 26 heavy (non-hydrogen) atoms. The first-order valence-corrected chi connectivity index (χ1v) is 9.20. The third kappa shape index (κ3) is 5.29. The van der Waals surface area contributed by atoms with E-state index in [-0.39, 0.29) is 12.4 Å². The lowest BCUT2D eigenvalue weighted by molar-refractivity contribution is 0.297. The van der Waals surface area contributed by atoms with E-state index in [1.807, 2.05) is 19.1 Å². The van der Waals surface area contributed by atoms with E-state index < -0.39 is 0 Å². The Kier molecular flexibility index (Phi) is 7.62. The number of fused-ring (bicyclic) bond motifs is 1. The minimum absolute atomic E-state index is 0. The molecule has 7 heteroatoms. The smallest absolute Gasteiger partial charge is 0.179 e. The topological polar surface area (TPSA) is 48.3 Å². The first-order chi connectivity index (χ1) is 12.0. The molecule has 1 aromatic carbocycles. The molecule has 144 valence electrons. The SMILES string of the molecule is Cc1cc(C)n(CC(C)CNCc2cc(Cl)c3c(c2)OCCCO3)n1.Cl. The first-order valence-electron chi connectivity index (χ1n) is 8.82. The van der Waals surface area contributed by atoms with Crippen LogP contribution in [0.4, 0.5) is 0 Å². The van der Waals surface area contributed by atoms with Gasteiger partial charge in [0.1, 0.15) is 0 Å². The Morgan fingerprint density at radius 2 is 2.00 bits per heavy atom. The van der Waals surface area contributed by atoms with E-state index in [9.17, 15) is 0 Å². The van der Waals surface area contributed by atoms with Gasteiger partial charge in [-0.1, -0.05) is 18.5 Å². The predicted molar refractivity (Wildman–Crippen MR) is 107 cm³/mol. The summed E-state index contributed by atoms with van der Waals surface area (Å²) in [6.07, 6.45) is 0.877. The van der Waals surface area contributed by atoms with Crippen molar-refractivity contribution in [3.05, 3.63) is 40.2 Å². The van der Waals surface area contributed by atoms with Crippen molar-refractivity contribution in [3.8, 4) is 11.5 Å². The number of aryl methyl sites for hydroxylation is 2. The molecule has 0 bridgehead atoms. The van der Waals surface area contributed by atoms with Gasteiger partial charge in [-0.05, 0) is 50.1 Å². The summed E-state index contributed by atoms with van der Waals surface area (Å²) in [5.41, 5.74) is 3.38. The van der Waals surface area contributed by atoms with Crippen LogP contribution in [0.1, 0.15) is 30.3 Å². The van der Waals surface area contributed by atoms with Crippen molar-refractivity contribution in [2.45, 2.75) is 40.3 Å². The van der Waals surface area contributed by atoms with Crippen LogP contribution >= 0.6 is 24.0 Å². The van der Waals surface area contributed by atoms with Crippen LogP contribution in [0.5, 0.6) is 11.5 Å². The molecule has 3 rings (SSSR count). The van der Waals surface area contributed by atoms with Gasteiger partial charge in [0.2, 0.25) is 0 Å². The van der Waals surface area contributed by atoms with Crippen molar-refractivity contribution in [1.82, 2.24) is 15.1 Å². The molecule has 0 saturated carbocycles. The number of benzene rings is 1. The fourth-order valence-corrected chi connectivity index (χ4v) is 3.36. The van der Waals surface area contributed by atoms with Gasteiger partial charge in [0.05, 0.1) is 23.9 Å². The zero-order valence-corrected chi connectivity index (χ0v) is 17.1. The highest BCUT2D eigenvalue weighted by atomic mass is 35.5. The summed E-state index contributed by atoms with van der Waals surface area (Å²) in [6.45, 7) is 10.2. The van der Waals surface area contributed by atoms with E-state index >= 15 is 0 Å². The maximum atomic E-state index is 6.34. The highest BCUT2D eigenvalue weighted by Crippen LogP contribution is 2.37. The van der Waals surface area contributed by atoms with Gasteiger partial charge >= 0.3 is 0 Å². The molecule has 1 N–H and O–H groups in total. The number of halogens is 2. The van der Waals surface area contributed by atoms with Gasteiger partial charge in [-0.15, -0.1) is 12.4 Å². The Morgan fingerprint density at radius 1 is 1.23 bits per heavy atom. The molecule has 0 radical (unpaired) electrons. The monoisotopic (exact) mass is 399 g/mol. The molecular formula is C19H27Cl2N3O2. The average molecular weight is 400 g/mol. The molecule has 0 spiro atoms. The average Bonchev–Trinajstić information content (AvgIpc) is 2.75. The zero-order valence-electron chi connectivity index (χ0n) is 15.5. The van der Waals surface area contributed by atoms with Crippen LogP contribution < -0.4 is 14.8 Å². The number of aromatic nitrogens is 2. The summed E-state index contributed by atoms with van der Waals surface area (Å²) in [5.74, 6) is 1.90. The van der Waals surface area contributed by atoms with Gasteiger partial charge in [0.15, 0.2) is 11.5 Å². The van der Waals surface area contributed by atoms with Gasteiger partial charge in [-0.2, -0.15) is 5.10 Å². The molecule has 2 aromatic rings. The maximum absolute atomic E-state index is 6.34. The largest absolute Gasteiger partial charge is 0.489 e. The summed E-state index contributed by atoms with van der Waals surface area (Å²) in [6, 6.07) is 6.08. The minimum atomic E-state index is 0. The third-order valence-electron chi connectivity index (χ3n) is 4.27. The Labute approximate surface area is 166 Å². The van der Waals surface area contributed by atoms with Crippen LogP contribution in [0.2, 0.25) is 5.02 Å². The van der Waals surface area contributed by atoms with Crippen molar-refractivity contribution in [3.63, 3.8) is 0 Å². The molecule has 0 fully saturated rings. The number of hydrogen-bond donors (Lipinski definition) is 1. The van der Waals surface area contributed by atoms with Gasteiger partial charge in [0.25, 0.3) is 0 Å². The van der Waals surface area contributed by atoms with Crippen molar-refractivity contribution in [1.29, 1.82) is 0 Å². The van der Waals surface area contributed by atoms with Gasteiger partial charge in [-0.3, -0.25) is 4.68 Å². The number of nitrogens with zero attached hydrogens (tertiary/aromatic N) is 2. The number of hydrogen-bond acceptors (Lipinski definition) is 4. The Morgan fingerprint density at radius 3 is 2.73 bits per heavy atom. The lowest BCUT2D eigenvalue weighted by Gasteiger charge is -2.15. The summed E-state index contributed by atoms with van der Waals surface area (Å²) < 4.78 is 13.5. The summed E-state index contributed by atoms with van der Waals surface area (Å²) >= 11 is 6.34. The second-order valence-electron chi connectivity index (χ2n) is 6.80. The molecule has 5 nitrogen and oxygen atoms in total. The lowest BCUT2D eigenvalue weighted by atomic mass is 10.1. The quantitative estimate of drug-likeness (QED) is 0.791. The maximum Gasteiger partial charge on any atom is 0.179 e. The predicted octanol–water partition coefficient (Wildman–Crippen LogP) is 4.16. The van der Waals surface area contributed by atoms with Crippen LogP contribution in [0.15, 0.2) is 18.2 Å². The van der Waals surface area contributed by atoms with Crippen molar-refractivity contribution in [2.75, 3.05) is 19.8 Å². The fraction of sp³-hybridized carbons (Fsp3) is 0.526. The molecule has 2 heterocycles. The summed E-state index contributed by atoms with van der Waals surface area (Å²) in [7, 11) is 0. The normalized spacial score (nSPS) is 14.5. The minimum Gasteiger partial charge on any atom is -0.489 e. The van der Waals surface area contributed by atoms with E-state index in [0.717, 1.165) is 43.1 Å². The van der Waals surface area contributed by atoms with Crippen molar-refractivity contribution >= 4 is 24.0 Å². The Balaban J connectivity index is 0.00000243. The standard InChI is InChI=1S/C19H26ClN3O2.ClH/c1-13(12-23-15(3)7-14(2)22-23)10-21-11-16-8-17(20)19-18(9-16)24-5-4-6-25-19;/h7-9,13,21H,4-6,10-12H2,1-3H3;1H. The molecule has 1 aromatic heterocycles. The molecule has 0 amide bonds. The molecule has 1 unspecified atom stereocenters. The van der Waals surface area contributed by atoms with Crippen LogP contribution in [0.25, 0.3) is 0 Å². The summed E-state index contributed by atoms with van der Waals surface area (Å²) in [5, 5.41) is 8.65. The number of ether oxygens (including phenoxy) is 2. The zero-order chi connectivity index (χ0) is 17.8. The van der Waals surface area contributed by atoms with Gasteiger partial charge in [-0.25, -0.2) is 0 Å². The Hall–Kier alpha value is -1.43. The van der Waals surface area contributed by atoms with E-state index in [0.29, 0.717) is 29.9 Å². The molecule has 0 aliphatic carbocycles. The second-order valence-corrected chi connectivity index (χ2v) is 7.21. The van der Waals surface area contributed by atoms with E-state index in [4.69, 9.17) is 21.1 Å². The van der Waals surface area contributed by atoms with Gasteiger partial charge < -0.3 is 14.8 Å². The molecular weight excluding hydrogens is 373 g/mol. The third-order valence-corrected chi connectivity index (χ3v) is 4.55. The fourth-order valence-electron chi connectivity index (χ4n) is 3.07. The summed E-state index contributed by atoms with van der Waals surface area (Å²) in [4.78, 5) is 0. The highest BCUT2D eigenvalue weighted by Gasteiger charge is 2.15. The molecule has 0 saturated heterocycles. The van der Waals surface area contributed by atoms with Crippen molar-refractivity contribution in [2.24, 2.45) is 5.92 Å². The Bertz CT molecular complexity index is 734. The number of rotatable bonds is 6. The van der Waals surface area contributed by atoms with E-state index in [1.165, 1.54) is 5.69 Å². The van der Waals surface area contributed by atoms with Crippen LogP contribution in [0.3, 0.4) is 0 Å². The van der Waals surface area contributed by atoms with Crippen molar-refractivity contribution < 1.29 is 9.47 Å². The van der Waals surface area contributed by atoms with Crippen LogP contribution in [0, 0.1) is 19.8 Å². The number of nitrogens with one attached hydrogen (secondary N) is 1. The second kappa shape index (κ2) is 9.49. The van der Waals surface area contributed by atoms with Crippen LogP contribution in [-0.4, -0.2) is 29.5 Å². The molecule has 1 atom stereocenters. The van der Waals surface area contributed by atoms with Crippen LogP contribution in [-0.2, 0) is 13.1 Å². The molecule has 1 aliphatic heterocycles. The highest BCUT2D eigenvalue weighted by molar-refractivity contribution is 6.32.